The van der Waals surface area contributed by atoms with Crippen LogP contribution < -0.4 is 5.73 Å². The summed E-state index contributed by atoms with van der Waals surface area (Å²) in [4.78, 5) is 4.03. The van der Waals surface area contributed by atoms with Crippen LogP contribution in [0.1, 0.15) is 18.7 Å². The Labute approximate surface area is 69.6 Å². The highest BCUT2D eigenvalue weighted by molar-refractivity contribution is 7.09. The number of rotatable bonds is 3. The van der Waals surface area contributed by atoms with Gasteiger partial charge in [-0.05, 0) is 0 Å². The summed E-state index contributed by atoms with van der Waals surface area (Å²) in [5.74, 6) is 1.00. The van der Waals surface area contributed by atoms with E-state index in [0.29, 0.717) is 11.7 Å². The molecule has 0 aromatic carbocycles. The van der Waals surface area contributed by atoms with Crippen molar-refractivity contribution < 1.29 is 4.74 Å². The van der Waals surface area contributed by atoms with Gasteiger partial charge in [0.1, 0.15) is 5.82 Å². The first-order valence-corrected chi connectivity index (χ1v) is 4.09. The minimum Gasteiger partial charge on any atom is -0.384 e. The smallest absolute Gasteiger partial charge is 0.199 e. The monoisotopic (exact) mass is 173 g/mol. The summed E-state index contributed by atoms with van der Waals surface area (Å²) in [5.41, 5.74) is 5.42. The molecule has 1 unspecified atom stereocenters. The molecule has 1 aromatic heterocycles. The van der Waals surface area contributed by atoms with Crippen molar-refractivity contribution in [1.82, 2.24) is 9.36 Å². The molecule has 0 aliphatic heterocycles. The highest BCUT2D eigenvalue weighted by Crippen LogP contribution is 2.15. The maximum absolute atomic E-state index is 5.42. The topological polar surface area (TPSA) is 61.0 Å². The van der Waals surface area contributed by atoms with E-state index in [9.17, 15) is 0 Å². The molecule has 0 radical (unpaired) electrons. The molecule has 1 rings (SSSR count). The van der Waals surface area contributed by atoms with E-state index < -0.39 is 0 Å². The van der Waals surface area contributed by atoms with E-state index in [1.165, 1.54) is 11.5 Å². The number of nitrogen functional groups attached to an aromatic ring is 1. The zero-order chi connectivity index (χ0) is 8.27. The molecular formula is C6H11N3OS. The van der Waals surface area contributed by atoms with Crippen LogP contribution in [0.15, 0.2) is 0 Å². The Hall–Kier alpha value is -0.680. The third-order valence-corrected chi connectivity index (χ3v) is 1.87. The van der Waals surface area contributed by atoms with Gasteiger partial charge in [0, 0.05) is 24.6 Å². The lowest BCUT2D eigenvalue weighted by atomic mass is 10.2. The van der Waals surface area contributed by atoms with E-state index >= 15 is 0 Å². The highest BCUT2D eigenvalue weighted by atomic mass is 32.1. The predicted octanol–water partition coefficient (Wildman–Crippen LogP) is 0.870. The zero-order valence-corrected chi connectivity index (χ0v) is 7.39. The lowest BCUT2D eigenvalue weighted by molar-refractivity contribution is 0.182. The minimum atomic E-state index is 0.230. The Bertz CT molecular complexity index is 225. The lowest BCUT2D eigenvalue weighted by Crippen LogP contribution is -2.03. The second-order valence-corrected chi connectivity index (χ2v) is 3.13. The van der Waals surface area contributed by atoms with Gasteiger partial charge in [-0.2, -0.15) is 4.37 Å². The molecule has 0 spiro atoms. The van der Waals surface area contributed by atoms with E-state index in [1.807, 2.05) is 6.92 Å². The van der Waals surface area contributed by atoms with Crippen molar-refractivity contribution in [2.75, 3.05) is 19.5 Å². The Kier molecular flexibility index (Phi) is 2.78. The molecule has 1 atom stereocenters. The Morgan fingerprint density at radius 3 is 2.91 bits per heavy atom. The quantitative estimate of drug-likeness (QED) is 0.736. The number of aromatic nitrogens is 2. The molecule has 1 aromatic rings. The van der Waals surface area contributed by atoms with Crippen LogP contribution in [-0.4, -0.2) is 23.1 Å². The first kappa shape index (κ1) is 8.42. The van der Waals surface area contributed by atoms with Crippen LogP contribution in [0, 0.1) is 0 Å². The van der Waals surface area contributed by atoms with Gasteiger partial charge in [0.05, 0.1) is 6.61 Å². The van der Waals surface area contributed by atoms with Gasteiger partial charge in [-0.25, -0.2) is 4.98 Å². The van der Waals surface area contributed by atoms with Crippen molar-refractivity contribution in [3.63, 3.8) is 0 Å². The van der Waals surface area contributed by atoms with Gasteiger partial charge in [-0.1, -0.05) is 6.92 Å². The number of nitrogens with zero attached hydrogens (tertiary/aromatic N) is 2. The maximum Gasteiger partial charge on any atom is 0.199 e. The van der Waals surface area contributed by atoms with Crippen molar-refractivity contribution in [2.24, 2.45) is 0 Å². The van der Waals surface area contributed by atoms with Crippen molar-refractivity contribution >= 4 is 16.7 Å². The van der Waals surface area contributed by atoms with Crippen LogP contribution in [-0.2, 0) is 4.74 Å². The normalized spacial score (nSPS) is 13.3. The standard InChI is InChI=1S/C6H11N3OS/c1-4(3-10-2)5-8-6(7)11-9-5/h4H,3H2,1-2H3,(H2,7,8,9). The van der Waals surface area contributed by atoms with Gasteiger partial charge in [0.2, 0.25) is 0 Å². The van der Waals surface area contributed by atoms with Crippen LogP contribution in [0.3, 0.4) is 0 Å². The van der Waals surface area contributed by atoms with Gasteiger partial charge in [-0.15, -0.1) is 0 Å². The van der Waals surface area contributed by atoms with Crippen LogP contribution >= 0.6 is 11.5 Å². The molecule has 0 aliphatic carbocycles. The molecular weight excluding hydrogens is 162 g/mol. The highest BCUT2D eigenvalue weighted by Gasteiger charge is 2.09. The number of anilines is 1. The van der Waals surface area contributed by atoms with E-state index in [4.69, 9.17) is 10.5 Å². The number of hydrogen-bond donors (Lipinski definition) is 1. The fourth-order valence-electron chi connectivity index (χ4n) is 0.772. The summed E-state index contributed by atoms with van der Waals surface area (Å²) in [6.07, 6.45) is 0. The molecule has 0 bridgehead atoms. The van der Waals surface area contributed by atoms with Gasteiger partial charge in [-0.3, -0.25) is 0 Å². The molecule has 0 saturated carbocycles. The molecule has 5 heteroatoms. The van der Waals surface area contributed by atoms with E-state index in [2.05, 4.69) is 9.36 Å². The molecule has 0 fully saturated rings. The van der Waals surface area contributed by atoms with E-state index in [0.717, 1.165) is 5.82 Å². The SMILES string of the molecule is COCC(C)c1nsc(N)n1. The van der Waals surface area contributed by atoms with Crippen LogP contribution in [0.2, 0.25) is 0 Å². The second-order valence-electron chi connectivity index (χ2n) is 2.35. The van der Waals surface area contributed by atoms with Crippen LogP contribution in [0.5, 0.6) is 0 Å². The fraction of sp³-hybridized carbons (Fsp3) is 0.667. The van der Waals surface area contributed by atoms with Gasteiger partial charge in [0.15, 0.2) is 5.13 Å². The average molecular weight is 173 g/mol. The summed E-state index contributed by atoms with van der Waals surface area (Å²) in [7, 11) is 1.66. The van der Waals surface area contributed by atoms with Crippen molar-refractivity contribution in [3.8, 4) is 0 Å². The minimum absolute atomic E-state index is 0.230. The third kappa shape index (κ3) is 2.13. The molecule has 0 aliphatic rings. The van der Waals surface area contributed by atoms with Gasteiger partial charge >= 0.3 is 0 Å². The molecule has 62 valence electrons. The zero-order valence-electron chi connectivity index (χ0n) is 6.57. The Morgan fingerprint density at radius 2 is 2.45 bits per heavy atom. The van der Waals surface area contributed by atoms with Gasteiger partial charge < -0.3 is 10.5 Å². The third-order valence-electron chi connectivity index (χ3n) is 1.31. The largest absolute Gasteiger partial charge is 0.384 e. The summed E-state index contributed by atoms with van der Waals surface area (Å²) >= 11 is 1.22. The average Bonchev–Trinajstić information content (AvgIpc) is 2.36. The summed E-state index contributed by atoms with van der Waals surface area (Å²) < 4.78 is 9.01. The first-order valence-electron chi connectivity index (χ1n) is 3.32. The van der Waals surface area contributed by atoms with Crippen LogP contribution in [0.4, 0.5) is 5.13 Å². The Balaban J connectivity index is 2.60. The maximum atomic E-state index is 5.42. The molecule has 0 amide bonds. The van der Waals surface area contributed by atoms with E-state index in [-0.39, 0.29) is 5.92 Å². The van der Waals surface area contributed by atoms with E-state index in [1.54, 1.807) is 7.11 Å². The molecule has 2 N–H and O–H groups in total. The van der Waals surface area contributed by atoms with Crippen molar-refractivity contribution in [3.05, 3.63) is 5.82 Å². The predicted molar refractivity (Wildman–Crippen MR) is 44.6 cm³/mol. The number of ether oxygens (including phenoxy) is 1. The van der Waals surface area contributed by atoms with Gasteiger partial charge in [0.25, 0.3) is 0 Å². The van der Waals surface area contributed by atoms with Crippen molar-refractivity contribution in [1.29, 1.82) is 0 Å². The summed E-state index contributed by atoms with van der Waals surface area (Å²) in [6, 6.07) is 0. The molecule has 11 heavy (non-hydrogen) atoms. The number of hydrogen-bond acceptors (Lipinski definition) is 5. The van der Waals surface area contributed by atoms with Crippen molar-refractivity contribution in [2.45, 2.75) is 12.8 Å². The lowest BCUT2D eigenvalue weighted by Gasteiger charge is -2.03. The number of methoxy groups -OCH3 is 1. The second kappa shape index (κ2) is 3.64. The summed E-state index contributed by atoms with van der Waals surface area (Å²) in [6.45, 7) is 2.64. The molecule has 4 nitrogen and oxygen atoms in total. The fourth-order valence-corrected chi connectivity index (χ4v) is 1.31. The number of nitrogens with two attached hydrogens (primary N) is 1. The molecule has 0 saturated heterocycles. The Morgan fingerprint density at radius 1 is 1.73 bits per heavy atom. The first-order chi connectivity index (χ1) is 5.24. The van der Waals surface area contributed by atoms with Crippen LogP contribution in [0.25, 0.3) is 0 Å². The molecule has 1 heterocycles. The summed E-state index contributed by atoms with van der Waals surface area (Å²) in [5, 5.41) is 0.517.